The van der Waals surface area contributed by atoms with Gasteiger partial charge in [-0.15, -0.1) is 0 Å². The molecule has 0 fully saturated rings. The van der Waals surface area contributed by atoms with Crippen LogP contribution in [-0.2, 0) is 6.42 Å². The second-order valence-electron chi connectivity index (χ2n) is 3.45. The molecule has 1 aromatic carbocycles. The smallest absolute Gasteiger partial charge is 0.332 e. The van der Waals surface area contributed by atoms with Gasteiger partial charge in [-0.05, 0) is 18.1 Å². The number of nitro groups is 1. The molecule has 0 radical (unpaired) electrons. The quantitative estimate of drug-likeness (QED) is 0.618. The molecule has 0 aliphatic rings. The van der Waals surface area contributed by atoms with Crippen molar-refractivity contribution < 1.29 is 4.92 Å². The van der Waals surface area contributed by atoms with Gasteiger partial charge in [-0.25, -0.2) is 0 Å². The van der Waals surface area contributed by atoms with Crippen molar-refractivity contribution in [3.05, 3.63) is 50.3 Å². The molecule has 5 heteroatoms. The fourth-order valence-corrected chi connectivity index (χ4v) is 1.73. The van der Waals surface area contributed by atoms with Crippen molar-refractivity contribution in [2.24, 2.45) is 0 Å². The lowest BCUT2D eigenvalue weighted by Crippen LogP contribution is -2.09. The van der Waals surface area contributed by atoms with Crippen molar-refractivity contribution in [3.63, 3.8) is 0 Å². The summed E-state index contributed by atoms with van der Waals surface area (Å²) in [5, 5.41) is 11.0. The van der Waals surface area contributed by atoms with Crippen LogP contribution in [0.5, 0.6) is 0 Å². The number of benzene rings is 1. The number of para-hydroxylation sites is 1. The summed E-state index contributed by atoms with van der Waals surface area (Å²) in [4.78, 5) is 24.5. The second kappa shape index (κ2) is 3.77. The summed E-state index contributed by atoms with van der Waals surface area (Å²) in [6.45, 7) is 1.97. The normalized spacial score (nSPS) is 10.6. The number of aromatic nitrogens is 1. The van der Waals surface area contributed by atoms with E-state index < -0.39 is 16.0 Å². The van der Waals surface area contributed by atoms with Gasteiger partial charge in [0.1, 0.15) is 0 Å². The topological polar surface area (TPSA) is 76.0 Å². The lowest BCUT2D eigenvalue weighted by atomic mass is 10.1. The Morgan fingerprint density at radius 2 is 2.19 bits per heavy atom. The molecule has 82 valence electrons. The standard InChI is InChI=1S/C11H10N2O3/c1-2-7-4-3-5-8-10(7)12-6-9(11(8)14)13(15)16/h3-6H,2H2,1H3,(H,12,14). The molecule has 1 N–H and O–H groups in total. The van der Waals surface area contributed by atoms with Gasteiger partial charge < -0.3 is 4.98 Å². The highest BCUT2D eigenvalue weighted by Gasteiger charge is 2.15. The van der Waals surface area contributed by atoms with Gasteiger partial charge in [0.15, 0.2) is 0 Å². The summed E-state index contributed by atoms with van der Waals surface area (Å²) >= 11 is 0. The zero-order valence-electron chi connectivity index (χ0n) is 8.69. The predicted molar refractivity (Wildman–Crippen MR) is 60.6 cm³/mol. The van der Waals surface area contributed by atoms with Crippen LogP contribution in [0.4, 0.5) is 5.69 Å². The van der Waals surface area contributed by atoms with Crippen LogP contribution in [0.3, 0.4) is 0 Å². The van der Waals surface area contributed by atoms with E-state index in [1.54, 1.807) is 12.1 Å². The Bertz CT molecular complexity index is 616. The van der Waals surface area contributed by atoms with E-state index in [2.05, 4.69) is 4.98 Å². The van der Waals surface area contributed by atoms with Gasteiger partial charge in [0.25, 0.3) is 5.43 Å². The summed E-state index contributed by atoms with van der Waals surface area (Å²) in [6.07, 6.45) is 1.93. The number of nitrogens with one attached hydrogen (secondary N) is 1. The van der Waals surface area contributed by atoms with Gasteiger partial charge in [-0.1, -0.05) is 19.1 Å². The molecule has 2 rings (SSSR count). The van der Waals surface area contributed by atoms with E-state index >= 15 is 0 Å². The van der Waals surface area contributed by atoms with Crippen molar-refractivity contribution >= 4 is 16.6 Å². The zero-order chi connectivity index (χ0) is 11.7. The fraction of sp³-hybridized carbons (Fsp3) is 0.182. The fourth-order valence-electron chi connectivity index (χ4n) is 1.73. The number of nitrogens with zero attached hydrogens (tertiary/aromatic N) is 1. The van der Waals surface area contributed by atoms with Crippen molar-refractivity contribution in [2.75, 3.05) is 0 Å². The number of pyridine rings is 1. The second-order valence-corrected chi connectivity index (χ2v) is 3.45. The van der Waals surface area contributed by atoms with E-state index in [1.165, 1.54) is 0 Å². The molecule has 5 nitrogen and oxygen atoms in total. The third-order valence-corrected chi connectivity index (χ3v) is 2.56. The molecule has 0 spiro atoms. The van der Waals surface area contributed by atoms with Crippen LogP contribution in [-0.4, -0.2) is 9.91 Å². The third-order valence-electron chi connectivity index (χ3n) is 2.56. The highest BCUT2D eigenvalue weighted by atomic mass is 16.6. The molecule has 2 aromatic rings. The van der Waals surface area contributed by atoms with E-state index in [0.717, 1.165) is 18.2 Å². The maximum Gasteiger partial charge on any atom is 0.332 e. The van der Waals surface area contributed by atoms with Crippen molar-refractivity contribution in [2.45, 2.75) is 13.3 Å². The minimum atomic E-state index is -0.670. The molecule has 0 atom stereocenters. The minimum Gasteiger partial charge on any atom is -0.355 e. The summed E-state index contributed by atoms with van der Waals surface area (Å²) in [5.41, 5.74) is 0.708. The van der Waals surface area contributed by atoms with E-state index in [4.69, 9.17) is 0 Å². The molecular weight excluding hydrogens is 208 g/mol. The third kappa shape index (κ3) is 1.46. The predicted octanol–water partition coefficient (Wildman–Crippen LogP) is 2.00. The average Bonchev–Trinajstić information content (AvgIpc) is 2.28. The van der Waals surface area contributed by atoms with Crippen LogP contribution in [0.2, 0.25) is 0 Å². The van der Waals surface area contributed by atoms with Crippen LogP contribution in [0.15, 0.2) is 29.2 Å². The minimum absolute atomic E-state index is 0.369. The molecule has 0 saturated carbocycles. The number of H-pyrrole nitrogens is 1. The lowest BCUT2D eigenvalue weighted by molar-refractivity contribution is -0.386. The van der Waals surface area contributed by atoms with Crippen molar-refractivity contribution in [1.29, 1.82) is 0 Å². The summed E-state index contributed by atoms with van der Waals surface area (Å²) < 4.78 is 0. The number of aryl methyl sites for hydroxylation is 1. The van der Waals surface area contributed by atoms with E-state index in [0.29, 0.717) is 10.9 Å². The maximum absolute atomic E-state index is 11.8. The van der Waals surface area contributed by atoms with Crippen LogP contribution in [0.25, 0.3) is 10.9 Å². The SMILES string of the molecule is CCc1cccc2c(=O)c([N+](=O)[O-])c[nH]c12. The van der Waals surface area contributed by atoms with Gasteiger partial charge in [0.2, 0.25) is 0 Å². The molecule has 0 unspecified atom stereocenters. The van der Waals surface area contributed by atoms with Gasteiger partial charge in [0, 0.05) is 0 Å². The molecule has 1 aromatic heterocycles. The molecule has 0 amide bonds. The highest BCUT2D eigenvalue weighted by molar-refractivity contribution is 5.83. The van der Waals surface area contributed by atoms with Gasteiger partial charge in [-0.3, -0.25) is 14.9 Å². The summed E-state index contributed by atoms with van der Waals surface area (Å²) in [5.74, 6) is 0. The van der Waals surface area contributed by atoms with Crippen LogP contribution < -0.4 is 5.43 Å². The van der Waals surface area contributed by atoms with Gasteiger partial charge in [-0.2, -0.15) is 0 Å². The largest absolute Gasteiger partial charge is 0.355 e. The van der Waals surface area contributed by atoms with E-state index in [9.17, 15) is 14.9 Å². The Morgan fingerprint density at radius 3 is 2.81 bits per heavy atom. The Morgan fingerprint density at radius 1 is 1.44 bits per heavy atom. The Hall–Kier alpha value is -2.17. The first-order valence-electron chi connectivity index (χ1n) is 4.92. The number of aromatic amines is 1. The van der Waals surface area contributed by atoms with Crippen LogP contribution in [0, 0.1) is 10.1 Å². The van der Waals surface area contributed by atoms with Crippen molar-refractivity contribution in [1.82, 2.24) is 4.98 Å². The first-order chi connectivity index (χ1) is 7.65. The van der Waals surface area contributed by atoms with E-state index in [-0.39, 0.29) is 0 Å². The Kier molecular flexibility index (Phi) is 2.44. The van der Waals surface area contributed by atoms with Crippen molar-refractivity contribution in [3.8, 4) is 0 Å². The van der Waals surface area contributed by atoms with Gasteiger partial charge in [0.05, 0.1) is 22.0 Å². The number of fused-ring (bicyclic) bond motifs is 1. The molecule has 0 aliphatic heterocycles. The number of rotatable bonds is 2. The Balaban J connectivity index is 2.87. The first-order valence-corrected chi connectivity index (χ1v) is 4.92. The first kappa shape index (κ1) is 10.4. The van der Waals surface area contributed by atoms with Crippen LogP contribution in [0.1, 0.15) is 12.5 Å². The monoisotopic (exact) mass is 218 g/mol. The maximum atomic E-state index is 11.8. The lowest BCUT2D eigenvalue weighted by Gasteiger charge is -2.02. The molecular formula is C11H10N2O3. The number of hydrogen-bond acceptors (Lipinski definition) is 3. The molecule has 0 saturated heterocycles. The molecule has 1 heterocycles. The highest BCUT2D eigenvalue weighted by Crippen LogP contribution is 2.16. The number of hydrogen-bond donors (Lipinski definition) is 1. The molecule has 0 bridgehead atoms. The summed E-state index contributed by atoms with van der Waals surface area (Å²) in [7, 11) is 0. The molecule has 0 aliphatic carbocycles. The Labute approximate surface area is 90.9 Å². The van der Waals surface area contributed by atoms with Crippen LogP contribution >= 0.6 is 0 Å². The average molecular weight is 218 g/mol. The van der Waals surface area contributed by atoms with Gasteiger partial charge >= 0.3 is 5.69 Å². The van der Waals surface area contributed by atoms with E-state index in [1.807, 2.05) is 13.0 Å². The zero-order valence-corrected chi connectivity index (χ0v) is 8.69. The summed E-state index contributed by atoms with van der Waals surface area (Å²) in [6, 6.07) is 5.23. The molecule has 16 heavy (non-hydrogen) atoms.